The first-order chi connectivity index (χ1) is 14.5. The van der Waals surface area contributed by atoms with Gasteiger partial charge in [0.1, 0.15) is 5.75 Å². The summed E-state index contributed by atoms with van der Waals surface area (Å²) < 4.78 is 5.56. The lowest BCUT2D eigenvalue weighted by Gasteiger charge is -2.32. The van der Waals surface area contributed by atoms with Gasteiger partial charge in [0.15, 0.2) is 0 Å². The van der Waals surface area contributed by atoms with Crippen LogP contribution in [-0.4, -0.2) is 18.0 Å². The first-order valence-corrected chi connectivity index (χ1v) is 11.4. The number of nitrogens with one attached hydrogen (secondary N) is 1. The molecule has 1 aliphatic rings. The Balaban J connectivity index is 1.79. The van der Waals surface area contributed by atoms with Gasteiger partial charge < -0.3 is 10.1 Å². The topological polar surface area (TPSA) is 51.2 Å². The standard InChI is InChI=1S/C26H36N2O2/c1-5-6-7-8-9-10-20-15-18(2)19(3)16-23(20)26(29)28-25-22-13-14-27-17-21(22)11-12-24(25)30-4/h11-14,17,20,23H,5-10,15-16H2,1-4H3,(H,28,29). The molecular formula is C26H36N2O2. The number of hydrogen-bond acceptors (Lipinski definition) is 3. The molecule has 0 spiro atoms. The van der Waals surface area contributed by atoms with Crippen molar-refractivity contribution in [1.29, 1.82) is 0 Å². The molecule has 162 valence electrons. The highest BCUT2D eigenvalue weighted by Crippen LogP contribution is 2.39. The second-order valence-electron chi connectivity index (χ2n) is 8.77. The fourth-order valence-corrected chi connectivity index (χ4v) is 4.66. The third kappa shape index (κ3) is 5.21. The predicted molar refractivity (Wildman–Crippen MR) is 125 cm³/mol. The number of ether oxygens (including phenoxy) is 1. The quantitative estimate of drug-likeness (QED) is 0.362. The van der Waals surface area contributed by atoms with Crippen molar-refractivity contribution in [2.75, 3.05) is 12.4 Å². The zero-order chi connectivity index (χ0) is 21.5. The van der Waals surface area contributed by atoms with Crippen molar-refractivity contribution in [2.24, 2.45) is 11.8 Å². The second kappa shape index (κ2) is 10.6. The minimum Gasteiger partial charge on any atom is -0.495 e. The number of rotatable bonds is 9. The Hall–Kier alpha value is -2.36. The van der Waals surface area contributed by atoms with E-state index in [1.165, 1.54) is 43.3 Å². The number of anilines is 1. The van der Waals surface area contributed by atoms with Gasteiger partial charge in [-0.25, -0.2) is 0 Å². The molecule has 2 atom stereocenters. The van der Waals surface area contributed by atoms with Crippen molar-refractivity contribution in [1.82, 2.24) is 4.98 Å². The molecule has 1 aromatic heterocycles. The van der Waals surface area contributed by atoms with Crippen molar-refractivity contribution in [3.63, 3.8) is 0 Å². The summed E-state index contributed by atoms with van der Waals surface area (Å²) in [4.78, 5) is 17.7. The number of benzene rings is 1. The number of carbonyl (C=O) groups excluding carboxylic acids is 1. The van der Waals surface area contributed by atoms with E-state index in [1.807, 2.05) is 24.4 Å². The van der Waals surface area contributed by atoms with Crippen LogP contribution in [0, 0.1) is 11.8 Å². The summed E-state index contributed by atoms with van der Waals surface area (Å²) in [5.74, 6) is 1.24. The Labute approximate surface area is 181 Å². The number of methoxy groups -OCH3 is 1. The molecule has 1 heterocycles. The summed E-state index contributed by atoms with van der Waals surface area (Å²) in [6, 6.07) is 5.82. The van der Waals surface area contributed by atoms with Crippen molar-refractivity contribution in [3.05, 3.63) is 41.7 Å². The van der Waals surface area contributed by atoms with Gasteiger partial charge in [-0.05, 0) is 57.2 Å². The Morgan fingerprint density at radius 1 is 1.10 bits per heavy atom. The van der Waals surface area contributed by atoms with Crippen LogP contribution in [0.5, 0.6) is 5.75 Å². The molecule has 1 aromatic carbocycles. The lowest BCUT2D eigenvalue weighted by molar-refractivity contribution is -0.121. The minimum atomic E-state index is 0.0154. The van der Waals surface area contributed by atoms with Crippen LogP contribution in [0.15, 0.2) is 41.7 Å². The van der Waals surface area contributed by atoms with Crippen molar-refractivity contribution >= 4 is 22.4 Å². The van der Waals surface area contributed by atoms with Crippen LogP contribution in [-0.2, 0) is 4.79 Å². The van der Waals surface area contributed by atoms with Gasteiger partial charge in [0.25, 0.3) is 0 Å². The van der Waals surface area contributed by atoms with Gasteiger partial charge >= 0.3 is 0 Å². The van der Waals surface area contributed by atoms with Gasteiger partial charge in [0, 0.05) is 29.1 Å². The number of amides is 1. The van der Waals surface area contributed by atoms with E-state index in [0.717, 1.165) is 35.7 Å². The zero-order valence-electron chi connectivity index (χ0n) is 19.0. The van der Waals surface area contributed by atoms with Gasteiger partial charge in [-0.3, -0.25) is 9.78 Å². The van der Waals surface area contributed by atoms with Crippen LogP contribution < -0.4 is 10.1 Å². The Bertz CT molecular complexity index is 903. The molecule has 1 N–H and O–H groups in total. The molecule has 0 bridgehead atoms. The van der Waals surface area contributed by atoms with E-state index in [4.69, 9.17) is 4.74 Å². The molecular weight excluding hydrogens is 372 g/mol. The Kier molecular flexibility index (Phi) is 7.89. The van der Waals surface area contributed by atoms with E-state index in [1.54, 1.807) is 13.3 Å². The van der Waals surface area contributed by atoms with E-state index < -0.39 is 0 Å². The number of carbonyl (C=O) groups is 1. The summed E-state index contributed by atoms with van der Waals surface area (Å²) in [6.45, 7) is 6.65. The van der Waals surface area contributed by atoms with E-state index >= 15 is 0 Å². The summed E-state index contributed by atoms with van der Waals surface area (Å²) in [7, 11) is 1.65. The SMILES string of the molecule is CCCCCCCC1CC(C)=C(C)CC1C(=O)Nc1c(OC)ccc2cnccc12. The highest BCUT2D eigenvalue weighted by Gasteiger charge is 2.32. The Morgan fingerprint density at radius 2 is 1.87 bits per heavy atom. The summed E-state index contributed by atoms with van der Waals surface area (Å²) in [5, 5.41) is 5.20. The number of hydrogen-bond donors (Lipinski definition) is 1. The zero-order valence-corrected chi connectivity index (χ0v) is 19.0. The van der Waals surface area contributed by atoms with Crippen molar-refractivity contribution < 1.29 is 9.53 Å². The van der Waals surface area contributed by atoms with E-state index in [9.17, 15) is 4.79 Å². The summed E-state index contributed by atoms with van der Waals surface area (Å²) >= 11 is 0. The number of aromatic nitrogens is 1. The number of nitrogens with zero attached hydrogens (tertiary/aromatic N) is 1. The smallest absolute Gasteiger partial charge is 0.228 e. The molecule has 4 heteroatoms. The molecule has 0 saturated heterocycles. The fourth-order valence-electron chi connectivity index (χ4n) is 4.66. The molecule has 1 aliphatic carbocycles. The first kappa shape index (κ1) is 22.3. The average Bonchev–Trinajstić information content (AvgIpc) is 2.76. The molecule has 2 unspecified atom stereocenters. The number of fused-ring (bicyclic) bond motifs is 1. The summed E-state index contributed by atoms with van der Waals surface area (Å²) in [6.07, 6.45) is 12.9. The lowest BCUT2D eigenvalue weighted by atomic mass is 9.74. The fraction of sp³-hybridized carbons (Fsp3) is 0.538. The second-order valence-corrected chi connectivity index (χ2v) is 8.77. The van der Waals surface area contributed by atoms with Gasteiger partial charge in [0.05, 0.1) is 12.8 Å². The highest BCUT2D eigenvalue weighted by molar-refractivity contribution is 6.05. The molecule has 30 heavy (non-hydrogen) atoms. The van der Waals surface area contributed by atoms with Gasteiger partial charge in [-0.1, -0.05) is 50.2 Å². The lowest BCUT2D eigenvalue weighted by Crippen LogP contribution is -2.32. The predicted octanol–water partition coefficient (Wildman–Crippen LogP) is 6.91. The third-order valence-corrected chi connectivity index (χ3v) is 6.66. The van der Waals surface area contributed by atoms with E-state index in [0.29, 0.717) is 11.7 Å². The monoisotopic (exact) mass is 408 g/mol. The normalized spacial score (nSPS) is 19.2. The molecule has 0 aliphatic heterocycles. The van der Waals surface area contributed by atoms with Gasteiger partial charge in [0.2, 0.25) is 5.91 Å². The molecule has 0 saturated carbocycles. The van der Waals surface area contributed by atoms with Crippen molar-refractivity contribution in [3.8, 4) is 5.75 Å². The van der Waals surface area contributed by atoms with Crippen LogP contribution in [0.3, 0.4) is 0 Å². The maximum Gasteiger partial charge on any atom is 0.228 e. The van der Waals surface area contributed by atoms with E-state index in [2.05, 4.69) is 31.1 Å². The third-order valence-electron chi connectivity index (χ3n) is 6.66. The van der Waals surface area contributed by atoms with Gasteiger partial charge in [-0.2, -0.15) is 0 Å². The van der Waals surface area contributed by atoms with E-state index in [-0.39, 0.29) is 11.8 Å². The average molecular weight is 409 g/mol. The Morgan fingerprint density at radius 3 is 2.63 bits per heavy atom. The number of pyridine rings is 1. The molecule has 0 fully saturated rings. The maximum atomic E-state index is 13.5. The molecule has 4 nitrogen and oxygen atoms in total. The first-order valence-electron chi connectivity index (χ1n) is 11.4. The van der Waals surface area contributed by atoms with Crippen LogP contribution in [0.4, 0.5) is 5.69 Å². The minimum absolute atomic E-state index is 0.0154. The molecule has 3 rings (SSSR count). The maximum absolute atomic E-state index is 13.5. The highest BCUT2D eigenvalue weighted by atomic mass is 16.5. The molecule has 2 aromatic rings. The number of unbranched alkanes of at least 4 members (excludes halogenated alkanes) is 4. The van der Waals surface area contributed by atoms with Crippen LogP contribution in [0.25, 0.3) is 10.8 Å². The molecule has 0 radical (unpaired) electrons. The van der Waals surface area contributed by atoms with Crippen molar-refractivity contribution in [2.45, 2.75) is 72.1 Å². The van der Waals surface area contributed by atoms with Gasteiger partial charge in [-0.15, -0.1) is 0 Å². The van der Waals surface area contributed by atoms with Crippen LogP contribution >= 0.6 is 0 Å². The van der Waals surface area contributed by atoms with Crippen LogP contribution in [0.1, 0.15) is 72.1 Å². The summed E-state index contributed by atoms with van der Waals surface area (Å²) in [5.41, 5.74) is 3.59. The van der Waals surface area contributed by atoms with Crippen LogP contribution in [0.2, 0.25) is 0 Å². The molecule has 1 amide bonds. The largest absolute Gasteiger partial charge is 0.495 e. The number of allylic oxidation sites excluding steroid dienone is 2.